The van der Waals surface area contributed by atoms with Crippen LogP contribution in [0.5, 0.6) is 0 Å². The van der Waals surface area contributed by atoms with Gasteiger partial charge in [-0.15, -0.1) is 0 Å². The van der Waals surface area contributed by atoms with Crippen LogP contribution in [0.2, 0.25) is 0 Å². The molecule has 0 radical (unpaired) electrons. The number of methoxy groups -OCH3 is 1. The van der Waals surface area contributed by atoms with Gasteiger partial charge in [-0.25, -0.2) is 0 Å². The van der Waals surface area contributed by atoms with E-state index in [4.69, 9.17) is 14.2 Å². The quantitative estimate of drug-likeness (QED) is 0.696. The molecule has 0 saturated carbocycles. The van der Waals surface area contributed by atoms with Crippen molar-refractivity contribution in [2.45, 2.75) is 58.0 Å². The normalized spacial score (nSPS) is 28.9. The Kier molecular flexibility index (Phi) is 6.41. The number of hydrogen-bond acceptors (Lipinski definition) is 4. The van der Waals surface area contributed by atoms with Gasteiger partial charge in [0.1, 0.15) is 5.60 Å². The first-order valence-electron chi connectivity index (χ1n) is 6.67. The van der Waals surface area contributed by atoms with Crippen molar-refractivity contribution in [3.05, 3.63) is 0 Å². The van der Waals surface area contributed by atoms with Crippen LogP contribution in [0.25, 0.3) is 0 Å². The fourth-order valence-corrected chi connectivity index (χ4v) is 2.25. The van der Waals surface area contributed by atoms with E-state index in [1.54, 1.807) is 7.11 Å². The number of rotatable bonds is 7. The van der Waals surface area contributed by atoms with Crippen LogP contribution in [0.15, 0.2) is 0 Å². The fraction of sp³-hybridized carbons (Fsp3) is 1.00. The highest BCUT2D eigenvalue weighted by molar-refractivity contribution is 4.92. The Bertz CT molecular complexity index is 205. The molecule has 17 heavy (non-hydrogen) atoms. The van der Waals surface area contributed by atoms with E-state index in [2.05, 4.69) is 19.2 Å². The Balaban J connectivity index is 2.60. The Hall–Kier alpha value is -0.160. The minimum atomic E-state index is -0.193. The summed E-state index contributed by atoms with van der Waals surface area (Å²) in [6, 6.07) is 0. The third-order valence-corrected chi connectivity index (χ3v) is 3.51. The van der Waals surface area contributed by atoms with E-state index in [1.807, 2.05) is 6.92 Å². The van der Waals surface area contributed by atoms with Gasteiger partial charge in [-0.05, 0) is 20.3 Å². The molecule has 0 bridgehead atoms. The molecule has 1 aliphatic heterocycles. The molecule has 0 aromatic rings. The predicted molar refractivity (Wildman–Crippen MR) is 68.1 cm³/mol. The largest absolute Gasteiger partial charge is 0.370 e. The lowest BCUT2D eigenvalue weighted by Gasteiger charge is -2.42. The summed E-state index contributed by atoms with van der Waals surface area (Å²) in [5, 5.41) is 3.41. The molecule has 0 spiro atoms. The van der Waals surface area contributed by atoms with Crippen LogP contribution in [-0.4, -0.2) is 44.8 Å². The molecule has 3 atom stereocenters. The first kappa shape index (κ1) is 14.9. The summed E-state index contributed by atoms with van der Waals surface area (Å²) >= 11 is 0. The summed E-state index contributed by atoms with van der Waals surface area (Å²) < 4.78 is 17.0. The van der Waals surface area contributed by atoms with Crippen molar-refractivity contribution in [2.75, 3.05) is 26.8 Å². The van der Waals surface area contributed by atoms with Crippen molar-refractivity contribution in [1.82, 2.24) is 5.32 Å². The lowest BCUT2D eigenvalue weighted by atomic mass is 9.89. The predicted octanol–water partition coefficient (Wildman–Crippen LogP) is 1.93. The number of nitrogens with one attached hydrogen (secondary N) is 1. The van der Waals surface area contributed by atoms with Crippen molar-refractivity contribution in [1.29, 1.82) is 0 Å². The van der Waals surface area contributed by atoms with Crippen LogP contribution in [0.3, 0.4) is 0 Å². The zero-order chi connectivity index (χ0) is 12.7. The molecule has 4 heteroatoms. The van der Waals surface area contributed by atoms with Gasteiger partial charge in [0.2, 0.25) is 0 Å². The van der Waals surface area contributed by atoms with E-state index in [0.29, 0.717) is 0 Å². The Morgan fingerprint density at radius 2 is 2.18 bits per heavy atom. The standard InChI is InChI=1S/C13H27NO3/c1-5-6-7-13(10-14-8-9-16-13)11(2)17-12(3)15-4/h11-12,14H,5-10H2,1-4H3. The molecule has 1 rings (SSSR count). The zero-order valence-corrected chi connectivity index (χ0v) is 11.6. The highest BCUT2D eigenvalue weighted by Crippen LogP contribution is 2.27. The maximum atomic E-state index is 6.03. The topological polar surface area (TPSA) is 39.7 Å². The highest BCUT2D eigenvalue weighted by atomic mass is 16.7. The first-order valence-corrected chi connectivity index (χ1v) is 6.67. The minimum Gasteiger partial charge on any atom is -0.370 e. The Morgan fingerprint density at radius 3 is 2.71 bits per heavy atom. The fourth-order valence-electron chi connectivity index (χ4n) is 2.25. The van der Waals surface area contributed by atoms with Gasteiger partial charge < -0.3 is 19.5 Å². The second-order valence-electron chi connectivity index (χ2n) is 4.78. The van der Waals surface area contributed by atoms with Crippen molar-refractivity contribution >= 4 is 0 Å². The van der Waals surface area contributed by atoms with Gasteiger partial charge in [-0.1, -0.05) is 19.8 Å². The van der Waals surface area contributed by atoms with Gasteiger partial charge in [0, 0.05) is 20.2 Å². The summed E-state index contributed by atoms with van der Waals surface area (Å²) in [7, 11) is 1.66. The Labute approximate surface area is 105 Å². The lowest BCUT2D eigenvalue weighted by Crippen LogP contribution is -2.57. The molecule has 4 nitrogen and oxygen atoms in total. The molecular formula is C13H27NO3. The molecule has 1 saturated heterocycles. The smallest absolute Gasteiger partial charge is 0.154 e. The van der Waals surface area contributed by atoms with Crippen molar-refractivity contribution < 1.29 is 14.2 Å². The third kappa shape index (κ3) is 4.21. The van der Waals surface area contributed by atoms with Crippen molar-refractivity contribution in [2.24, 2.45) is 0 Å². The monoisotopic (exact) mass is 245 g/mol. The molecule has 1 N–H and O–H groups in total. The average Bonchev–Trinajstić information content (AvgIpc) is 2.37. The molecule has 3 unspecified atom stereocenters. The second-order valence-corrected chi connectivity index (χ2v) is 4.78. The molecule has 1 heterocycles. The van der Waals surface area contributed by atoms with Crippen LogP contribution in [0.4, 0.5) is 0 Å². The Morgan fingerprint density at radius 1 is 1.41 bits per heavy atom. The van der Waals surface area contributed by atoms with E-state index in [1.165, 1.54) is 6.42 Å². The van der Waals surface area contributed by atoms with E-state index in [0.717, 1.165) is 32.5 Å². The second kappa shape index (κ2) is 7.31. The lowest BCUT2D eigenvalue weighted by molar-refractivity contribution is -0.216. The van der Waals surface area contributed by atoms with Gasteiger partial charge in [0.15, 0.2) is 6.29 Å². The molecule has 102 valence electrons. The SMILES string of the molecule is CCCCC1(C(C)OC(C)OC)CNCCO1. The minimum absolute atomic E-state index is 0.0387. The van der Waals surface area contributed by atoms with Gasteiger partial charge >= 0.3 is 0 Å². The van der Waals surface area contributed by atoms with E-state index >= 15 is 0 Å². The van der Waals surface area contributed by atoms with Gasteiger partial charge in [0.05, 0.1) is 12.7 Å². The van der Waals surface area contributed by atoms with Crippen LogP contribution in [0, 0.1) is 0 Å². The first-order chi connectivity index (χ1) is 8.14. The van der Waals surface area contributed by atoms with Crippen molar-refractivity contribution in [3.8, 4) is 0 Å². The number of morpholine rings is 1. The number of unbranched alkanes of at least 4 members (excludes halogenated alkanes) is 1. The maximum Gasteiger partial charge on any atom is 0.154 e. The number of hydrogen-bond donors (Lipinski definition) is 1. The maximum absolute atomic E-state index is 6.03. The number of ether oxygens (including phenoxy) is 3. The van der Waals surface area contributed by atoms with Crippen LogP contribution in [0.1, 0.15) is 40.0 Å². The highest BCUT2D eigenvalue weighted by Gasteiger charge is 2.39. The summed E-state index contributed by atoms with van der Waals surface area (Å²) in [4.78, 5) is 0. The van der Waals surface area contributed by atoms with Gasteiger partial charge in [0.25, 0.3) is 0 Å². The van der Waals surface area contributed by atoms with Gasteiger partial charge in [-0.3, -0.25) is 0 Å². The molecule has 0 amide bonds. The molecular weight excluding hydrogens is 218 g/mol. The zero-order valence-electron chi connectivity index (χ0n) is 11.6. The van der Waals surface area contributed by atoms with Crippen LogP contribution in [-0.2, 0) is 14.2 Å². The molecule has 0 aromatic heterocycles. The molecule has 0 aliphatic carbocycles. The van der Waals surface area contributed by atoms with Crippen molar-refractivity contribution in [3.63, 3.8) is 0 Å². The summed E-state index contributed by atoms with van der Waals surface area (Å²) in [6.07, 6.45) is 3.23. The van der Waals surface area contributed by atoms with Crippen LogP contribution < -0.4 is 5.32 Å². The van der Waals surface area contributed by atoms with E-state index in [-0.39, 0.29) is 18.0 Å². The summed E-state index contributed by atoms with van der Waals surface area (Å²) in [5.41, 5.74) is -0.193. The molecule has 1 aliphatic rings. The summed E-state index contributed by atoms with van der Waals surface area (Å²) in [5.74, 6) is 0. The molecule has 1 fully saturated rings. The van der Waals surface area contributed by atoms with Crippen LogP contribution >= 0.6 is 0 Å². The third-order valence-electron chi connectivity index (χ3n) is 3.51. The summed E-state index contributed by atoms with van der Waals surface area (Å²) in [6.45, 7) is 8.76. The van der Waals surface area contributed by atoms with E-state index < -0.39 is 0 Å². The molecule has 0 aromatic carbocycles. The van der Waals surface area contributed by atoms with E-state index in [9.17, 15) is 0 Å². The van der Waals surface area contributed by atoms with Gasteiger partial charge in [-0.2, -0.15) is 0 Å². The average molecular weight is 245 g/mol.